The predicted molar refractivity (Wildman–Crippen MR) is 123 cm³/mol. The maximum absolute atomic E-state index is 12.7. The molecule has 0 radical (unpaired) electrons. The fraction of sp³-hybridized carbons (Fsp3) is 0.409. The van der Waals surface area contributed by atoms with Crippen LogP contribution in [0.3, 0.4) is 0 Å². The largest absolute Gasteiger partial charge is 0.508 e. The van der Waals surface area contributed by atoms with Crippen LogP contribution in [0, 0.1) is 0 Å². The van der Waals surface area contributed by atoms with Crippen molar-refractivity contribution in [3.05, 3.63) is 48.0 Å². The van der Waals surface area contributed by atoms with E-state index >= 15 is 0 Å². The minimum atomic E-state index is -1.48. The summed E-state index contributed by atoms with van der Waals surface area (Å²) in [5, 5.41) is 35.9. The molecule has 2 aromatic rings. The normalized spacial score (nSPS) is 15.2. The number of aromatic amines is 1. The molecule has 0 saturated carbocycles. The van der Waals surface area contributed by atoms with E-state index in [1.807, 2.05) is 0 Å². The molecule has 1 aromatic heterocycles. The molecule has 0 aliphatic carbocycles. The van der Waals surface area contributed by atoms with Crippen LogP contribution in [-0.4, -0.2) is 79.2 Å². The third-order valence-corrected chi connectivity index (χ3v) is 5.14. The number of nitrogens with zero attached hydrogens (tertiary/aromatic N) is 1. The Hall–Kier alpha value is -3.97. The fourth-order valence-corrected chi connectivity index (χ4v) is 3.12. The van der Waals surface area contributed by atoms with Gasteiger partial charge in [-0.25, -0.2) is 9.78 Å². The highest BCUT2D eigenvalue weighted by Crippen LogP contribution is 2.12. The van der Waals surface area contributed by atoms with E-state index in [1.54, 1.807) is 0 Å². The Balaban J connectivity index is 1.97. The minimum absolute atomic E-state index is 0.00465. The molecule has 13 heteroatoms. The summed E-state index contributed by atoms with van der Waals surface area (Å²) in [5.74, 6) is -3.63. The van der Waals surface area contributed by atoms with Gasteiger partial charge in [0.1, 0.15) is 23.9 Å². The second kappa shape index (κ2) is 12.5. The zero-order chi connectivity index (χ0) is 26.1. The number of carbonyl (C=O) groups is 4. The number of imidazole rings is 1. The number of nitrogens with two attached hydrogens (primary N) is 1. The van der Waals surface area contributed by atoms with Gasteiger partial charge in [-0.2, -0.15) is 0 Å². The molecule has 9 N–H and O–H groups in total. The van der Waals surface area contributed by atoms with Gasteiger partial charge >= 0.3 is 5.97 Å². The number of phenols is 1. The maximum atomic E-state index is 12.7. The molecule has 13 nitrogen and oxygen atoms in total. The van der Waals surface area contributed by atoms with Crippen LogP contribution >= 0.6 is 0 Å². The number of H-pyrrole nitrogens is 1. The van der Waals surface area contributed by atoms with Crippen molar-refractivity contribution in [3.8, 4) is 5.75 Å². The number of hydrogen-bond acceptors (Lipinski definition) is 8. The molecular formula is C22H30N6O7. The number of aromatic nitrogens is 2. The van der Waals surface area contributed by atoms with E-state index < -0.39 is 54.0 Å². The van der Waals surface area contributed by atoms with E-state index in [0.717, 1.165) is 0 Å². The molecule has 0 bridgehead atoms. The first-order valence-corrected chi connectivity index (χ1v) is 10.8. The lowest BCUT2D eigenvalue weighted by Gasteiger charge is -2.25. The van der Waals surface area contributed by atoms with Crippen LogP contribution in [0.1, 0.15) is 25.1 Å². The number of amides is 3. The van der Waals surface area contributed by atoms with Crippen LogP contribution in [0.25, 0.3) is 0 Å². The summed E-state index contributed by atoms with van der Waals surface area (Å²) in [4.78, 5) is 55.9. The van der Waals surface area contributed by atoms with E-state index in [4.69, 9.17) is 5.73 Å². The zero-order valence-electron chi connectivity index (χ0n) is 19.3. The Morgan fingerprint density at radius 2 is 1.66 bits per heavy atom. The summed E-state index contributed by atoms with van der Waals surface area (Å²) in [5.41, 5.74) is 7.02. The number of phenolic OH excluding ortho intramolecular Hbond substituents is 1. The zero-order valence-corrected chi connectivity index (χ0v) is 19.3. The molecule has 2 rings (SSSR count). The smallest absolute Gasteiger partial charge is 0.326 e. The lowest BCUT2D eigenvalue weighted by molar-refractivity contribution is -0.143. The third-order valence-electron chi connectivity index (χ3n) is 5.14. The van der Waals surface area contributed by atoms with Crippen molar-refractivity contribution >= 4 is 23.7 Å². The van der Waals surface area contributed by atoms with Gasteiger partial charge in [-0.05, 0) is 31.5 Å². The molecule has 0 aliphatic heterocycles. The molecule has 190 valence electrons. The van der Waals surface area contributed by atoms with Crippen molar-refractivity contribution in [1.29, 1.82) is 0 Å². The van der Waals surface area contributed by atoms with Crippen LogP contribution in [0.5, 0.6) is 5.75 Å². The Morgan fingerprint density at radius 3 is 2.20 bits per heavy atom. The first-order valence-electron chi connectivity index (χ1n) is 10.8. The Labute approximate surface area is 201 Å². The number of rotatable bonds is 12. The topological polar surface area (TPSA) is 220 Å². The van der Waals surface area contributed by atoms with Crippen molar-refractivity contribution in [1.82, 2.24) is 25.9 Å². The molecule has 0 saturated heterocycles. The second-order valence-electron chi connectivity index (χ2n) is 8.11. The summed E-state index contributed by atoms with van der Waals surface area (Å²) in [6.45, 7) is 2.63. The van der Waals surface area contributed by atoms with Crippen LogP contribution in [-0.2, 0) is 32.0 Å². The average molecular weight is 491 g/mol. The van der Waals surface area contributed by atoms with Crippen molar-refractivity contribution in [2.75, 3.05) is 0 Å². The van der Waals surface area contributed by atoms with Gasteiger partial charge < -0.3 is 42.0 Å². The molecule has 3 amide bonds. The summed E-state index contributed by atoms with van der Waals surface area (Å²) in [6.07, 6.45) is 1.66. The highest BCUT2D eigenvalue weighted by Gasteiger charge is 2.31. The lowest BCUT2D eigenvalue weighted by Crippen LogP contribution is -2.59. The van der Waals surface area contributed by atoms with Gasteiger partial charge in [0.05, 0.1) is 18.5 Å². The summed E-state index contributed by atoms with van der Waals surface area (Å²) < 4.78 is 0. The molecule has 5 atom stereocenters. The minimum Gasteiger partial charge on any atom is -0.508 e. The van der Waals surface area contributed by atoms with Gasteiger partial charge in [-0.15, -0.1) is 0 Å². The van der Waals surface area contributed by atoms with Gasteiger partial charge in [0.15, 0.2) is 0 Å². The van der Waals surface area contributed by atoms with Gasteiger partial charge in [-0.3, -0.25) is 14.4 Å². The molecule has 1 heterocycles. The number of carbonyl (C=O) groups excluding carboxylic acids is 3. The molecule has 1 aromatic carbocycles. The van der Waals surface area contributed by atoms with E-state index in [0.29, 0.717) is 11.3 Å². The molecule has 0 fully saturated rings. The predicted octanol–water partition coefficient (Wildman–Crippen LogP) is -1.83. The van der Waals surface area contributed by atoms with Crippen molar-refractivity contribution in [3.63, 3.8) is 0 Å². The SMILES string of the molecule is CC(NC(=O)C(N)Cc1cnc[nH]1)C(=O)NC(C(=O)NC(Cc1ccc(O)cc1)C(=O)O)C(C)O. The molecule has 5 unspecified atom stereocenters. The summed E-state index contributed by atoms with van der Waals surface area (Å²) in [7, 11) is 0. The third kappa shape index (κ3) is 8.39. The number of aliphatic carboxylic acids is 1. The van der Waals surface area contributed by atoms with E-state index in [-0.39, 0.29) is 18.6 Å². The molecule has 0 spiro atoms. The van der Waals surface area contributed by atoms with Crippen molar-refractivity contribution in [2.24, 2.45) is 5.73 Å². The number of nitrogens with one attached hydrogen (secondary N) is 4. The molecule has 0 aliphatic rings. The number of benzene rings is 1. The van der Waals surface area contributed by atoms with Gasteiger partial charge in [-0.1, -0.05) is 12.1 Å². The monoisotopic (exact) mass is 490 g/mol. The van der Waals surface area contributed by atoms with Crippen molar-refractivity contribution in [2.45, 2.75) is 57.0 Å². The highest BCUT2D eigenvalue weighted by molar-refractivity contribution is 5.94. The lowest BCUT2D eigenvalue weighted by atomic mass is 10.0. The van der Waals surface area contributed by atoms with Gasteiger partial charge in [0.25, 0.3) is 0 Å². The summed E-state index contributed by atoms with van der Waals surface area (Å²) >= 11 is 0. The Morgan fingerprint density at radius 1 is 1.00 bits per heavy atom. The Bertz CT molecular complexity index is 1010. The first-order chi connectivity index (χ1) is 16.5. The standard InChI is InChI=1S/C22H30N6O7/c1-11(26-20(32)16(23)8-14-9-24-10-25-14)19(31)28-18(12(2)29)21(33)27-17(22(34)35)7-13-3-5-15(30)6-4-13/h3-6,9-12,16-18,29-30H,7-8,23H2,1-2H3,(H,24,25)(H,26,32)(H,27,33)(H,28,31)(H,34,35). The van der Waals surface area contributed by atoms with Gasteiger partial charge in [0.2, 0.25) is 17.7 Å². The number of carboxylic acids is 1. The van der Waals surface area contributed by atoms with E-state index in [2.05, 4.69) is 25.9 Å². The highest BCUT2D eigenvalue weighted by atomic mass is 16.4. The number of aliphatic hydroxyl groups is 1. The van der Waals surface area contributed by atoms with Crippen LogP contribution in [0.4, 0.5) is 0 Å². The number of aliphatic hydroxyl groups excluding tert-OH is 1. The van der Waals surface area contributed by atoms with Crippen LogP contribution < -0.4 is 21.7 Å². The summed E-state index contributed by atoms with van der Waals surface area (Å²) in [6, 6.07) is 0.871. The van der Waals surface area contributed by atoms with Gasteiger partial charge in [0, 0.05) is 24.7 Å². The number of carboxylic acid groups (broad SMARTS) is 1. The Kier molecular flexibility index (Phi) is 9.73. The quantitative estimate of drug-likeness (QED) is 0.167. The van der Waals surface area contributed by atoms with E-state index in [1.165, 1.54) is 50.6 Å². The fourth-order valence-electron chi connectivity index (χ4n) is 3.12. The first kappa shape index (κ1) is 27.3. The molecule has 35 heavy (non-hydrogen) atoms. The van der Waals surface area contributed by atoms with Crippen molar-refractivity contribution < 1.29 is 34.5 Å². The number of aromatic hydroxyl groups is 1. The van der Waals surface area contributed by atoms with E-state index in [9.17, 15) is 34.5 Å². The maximum Gasteiger partial charge on any atom is 0.326 e. The molecular weight excluding hydrogens is 460 g/mol. The second-order valence-corrected chi connectivity index (χ2v) is 8.11. The van der Waals surface area contributed by atoms with Crippen LogP contribution in [0.2, 0.25) is 0 Å². The average Bonchev–Trinajstić information content (AvgIpc) is 3.30. The number of hydrogen-bond donors (Lipinski definition) is 8. The van der Waals surface area contributed by atoms with Crippen LogP contribution in [0.15, 0.2) is 36.8 Å².